The van der Waals surface area contributed by atoms with Crippen molar-refractivity contribution >= 4 is 17.8 Å². The van der Waals surface area contributed by atoms with Crippen molar-refractivity contribution in [3.05, 3.63) is 0 Å². The molecule has 2 aliphatic rings. The van der Waals surface area contributed by atoms with Crippen LogP contribution in [0.4, 0.5) is 0 Å². The highest BCUT2D eigenvalue weighted by molar-refractivity contribution is 5.91. The fraction of sp³-hybridized carbons (Fsp3) is 0.750. The van der Waals surface area contributed by atoms with Gasteiger partial charge in [-0.05, 0) is 0 Å². The number of carbonyl (C=O) groups excluding carboxylic acids is 2. The maximum absolute atomic E-state index is 12.4. The standard InChI is InChI=1S/C12H18N2O6/c1-6(15)13-4-7(16)2-9(13)11(18)14-5-8(17)3-10(14)12(19)20/h7-10,16-17H,2-5H2,1H3,(H,19,20)/t7?,8?,9-,10-/m0/s1. The Bertz CT molecular complexity index is 402. The van der Waals surface area contributed by atoms with E-state index in [-0.39, 0.29) is 31.8 Å². The highest BCUT2D eigenvalue weighted by atomic mass is 16.4. The quantitative estimate of drug-likeness (QED) is 0.541. The smallest absolute Gasteiger partial charge is 0.326 e. The Labute approximate surface area is 115 Å². The number of aliphatic hydroxyl groups is 2. The number of hydrogen-bond acceptors (Lipinski definition) is 5. The molecule has 4 atom stereocenters. The van der Waals surface area contributed by atoms with Crippen LogP contribution in [0.15, 0.2) is 0 Å². The number of amides is 2. The van der Waals surface area contributed by atoms with Gasteiger partial charge in [0.1, 0.15) is 12.1 Å². The van der Waals surface area contributed by atoms with E-state index in [1.807, 2.05) is 0 Å². The summed E-state index contributed by atoms with van der Waals surface area (Å²) < 4.78 is 0. The molecule has 112 valence electrons. The summed E-state index contributed by atoms with van der Waals surface area (Å²) in [7, 11) is 0. The zero-order chi connectivity index (χ0) is 15.0. The molecule has 2 aliphatic heterocycles. The highest BCUT2D eigenvalue weighted by Crippen LogP contribution is 2.25. The second-order valence-corrected chi connectivity index (χ2v) is 5.31. The van der Waals surface area contributed by atoms with E-state index in [4.69, 9.17) is 5.11 Å². The molecule has 0 spiro atoms. The molecule has 2 amide bonds. The maximum Gasteiger partial charge on any atom is 0.326 e. The van der Waals surface area contributed by atoms with Gasteiger partial charge in [0, 0.05) is 32.9 Å². The summed E-state index contributed by atoms with van der Waals surface area (Å²) in [6.07, 6.45) is -1.59. The predicted molar refractivity (Wildman–Crippen MR) is 65.6 cm³/mol. The van der Waals surface area contributed by atoms with E-state index in [1.165, 1.54) is 11.8 Å². The molecule has 2 fully saturated rings. The summed E-state index contributed by atoms with van der Waals surface area (Å²) in [4.78, 5) is 37.4. The molecule has 3 N–H and O–H groups in total. The van der Waals surface area contributed by atoms with Gasteiger partial charge in [0.25, 0.3) is 0 Å². The first-order valence-corrected chi connectivity index (χ1v) is 6.48. The third-order valence-corrected chi connectivity index (χ3v) is 3.82. The number of aliphatic carboxylic acids is 1. The SMILES string of the molecule is CC(=O)N1CC(O)C[C@H]1C(=O)N1CC(O)C[C@H]1C(=O)O. The van der Waals surface area contributed by atoms with E-state index in [9.17, 15) is 24.6 Å². The first kappa shape index (κ1) is 14.7. The lowest BCUT2D eigenvalue weighted by Gasteiger charge is -2.29. The summed E-state index contributed by atoms with van der Waals surface area (Å²) in [5.41, 5.74) is 0. The first-order chi connectivity index (χ1) is 9.31. The Morgan fingerprint density at radius 2 is 1.45 bits per heavy atom. The largest absolute Gasteiger partial charge is 0.480 e. The molecule has 0 radical (unpaired) electrons. The number of hydrogen-bond donors (Lipinski definition) is 3. The van der Waals surface area contributed by atoms with Gasteiger partial charge in [0.2, 0.25) is 11.8 Å². The van der Waals surface area contributed by atoms with Crippen LogP contribution >= 0.6 is 0 Å². The van der Waals surface area contributed by atoms with Gasteiger partial charge in [0.15, 0.2) is 0 Å². The molecule has 8 heteroatoms. The summed E-state index contributed by atoms with van der Waals surface area (Å²) >= 11 is 0. The maximum atomic E-state index is 12.4. The number of aliphatic hydroxyl groups excluding tert-OH is 2. The molecule has 2 unspecified atom stereocenters. The van der Waals surface area contributed by atoms with Crippen molar-refractivity contribution in [1.29, 1.82) is 0 Å². The third kappa shape index (κ3) is 2.61. The van der Waals surface area contributed by atoms with Gasteiger partial charge in [-0.3, -0.25) is 9.59 Å². The number of carboxylic acids is 1. The molecule has 0 aromatic carbocycles. The summed E-state index contributed by atoms with van der Waals surface area (Å²) in [5, 5.41) is 28.2. The lowest BCUT2D eigenvalue weighted by atomic mass is 10.1. The molecule has 8 nitrogen and oxygen atoms in total. The van der Waals surface area contributed by atoms with Gasteiger partial charge in [-0.2, -0.15) is 0 Å². The van der Waals surface area contributed by atoms with E-state index in [0.29, 0.717) is 0 Å². The van der Waals surface area contributed by atoms with E-state index in [0.717, 1.165) is 4.90 Å². The van der Waals surface area contributed by atoms with Crippen molar-refractivity contribution in [2.24, 2.45) is 0 Å². The number of likely N-dealkylation sites (tertiary alicyclic amines) is 2. The average Bonchev–Trinajstić information content (AvgIpc) is 2.91. The second kappa shape index (κ2) is 5.37. The molecule has 2 heterocycles. The van der Waals surface area contributed by atoms with Gasteiger partial charge in [0.05, 0.1) is 12.2 Å². The fourth-order valence-corrected chi connectivity index (χ4v) is 2.88. The average molecular weight is 286 g/mol. The summed E-state index contributed by atoms with van der Waals surface area (Å²) in [5.74, 6) is -2.05. The van der Waals surface area contributed by atoms with Crippen LogP contribution in [0.1, 0.15) is 19.8 Å². The van der Waals surface area contributed by atoms with Crippen LogP contribution in [-0.4, -0.2) is 80.3 Å². The Kier molecular flexibility index (Phi) is 3.96. The monoisotopic (exact) mass is 286 g/mol. The Morgan fingerprint density at radius 3 is 1.95 bits per heavy atom. The van der Waals surface area contributed by atoms with Crippen LogP contribution in [-0.2, 0) is 14.4 Å². The molecule has 2 rings (SSSR count). The predicted octanol–water partition coefficient (Wildman–Crippen LogP) is -1.99. The second-order valence-electron chi connectivity index (χ2n) is 5.31. The number of β-amino-alcohol motifs (C(OH)–C–C–N with tert-alkyl or cyclic N) is 2. The summed E-state index contributed by atoms with van der Waals surface area (Å²) in [6, 6.07) is -1.93. The number of nitrogens with zero attached hydrogens (tertiary/aromatic N) is 2. The molecular formula is C12H18N2O6. The lowest BCUT2D eigenvalue weighted by Crippen LogP contribution is -2.50. The number of rotatable bonds is 2. The van der Waals surface area contributed by atoms with Gasteiger partial charge in [-0.15, -0.1) is 0 Å². The van der Waals surface area contributed by atoms with Crippen molar-refractivity contribution in [3.8, 4) is 0 Å². The highest BCUT2D eigenvalue weighted by Gasteiger charge is 2.45. The van der Waals surface area contributed by atoms with Gasteiger partial charge in [-0.25, -0.2) is 4.79 Å². The van der Waals surface area contributed by atoms with Crippen molar-refractivity contribution in [3.63, 3.8) is 0 Å². The molecule has 2 saturated heterocycles. The molecule has 0 saturated carbocycles. The van der Waals surface area contributed by atoms with E-state index < -0.39 is 36.2 Å². The minimum atomic E-state index is -1.18. The topological polar surface area (TPSA) is 118 Å². The zero-order valence-corrected chi connectivity index (χ0v) is 11.1. The Hall–Kier alpha value is -1.67. The fourth-order valence-electron chi connectivity index (χ4n) is 2.88. The van der Waals surface area contributed by atoms with Gasteiger partial charge >= 0.3 is 5.97 Å². The lowest BCUT2D eigenvalue weighted by molar-refractivity contribution is -0.151. The van der Waals surface area contributed by atoms with E-state index in [1.54, 1.807) is 0 Å². The normalized spacial score (nSPS) is 33.5. The molecule has 20 heavy (non-hydrogen) atoms. The first-order valence-electron chi connectivity index (χ1n) is 6.48. The van der Waals surface area contributed by atoms with Crippen LogP contribution in [0.25, 0.3) is 0 Å². The van der Waals surface area contributed by atoms with Crippen LogP contribution in [0.5, 0.6) is 0 Å². The molecule has 0 bridgehead atoms. The third-order valence-electron chi connectivity index (χ3n) is 3.82. The zero-order valence-electron chi connectivity index (χ0n) is 11.1. The minimum absolute atomic E-state index is 0.0174. The van der Waals surface area contributed by atoms with Gasteiger partial charge < -0.3 is 25.1 Å². The van der Waals surface area contributed by atoms with E-state index in [2.05, 4.69) is 0 Å². The van der Waals surface area contributed by atoms with E-state index >= 15 is 0 Å². The molecule has 0 aromatic heterocycles. The minimum Gasteiger partial charge on any atom is -0.480 e. The van der Waals surface area contributed by atoms with Crippen molar-refractivity contribution in [1.82, 2.24) is 9.80 Å². The Morgan fingerprint density at radius 1 is 0.950 bits per heavy atom. The van der Waals surface area contributed by atoms with Crippen LogP contribution in [0.3, 0.4) is 0 Å². The van der Waals surface area contributed by atoms with Crippen molar-refractivity contribution < 1.29 is 29.7 Å². The van der Waals surface area contributed by atoms with Gasteiger partial charge in [-0.1, -0.05) is 0 Å². The van der Waals surface area contributed by atoms with Crippen molar-refractivity contribution in [2.75, 3.05) is 13.1 Å². The summed E-state index contributed by atoms with van der Waals surface area (Å²) in [6.45, 7) is 1.31. The van der Waals surface area contributed by atoms with Crippen LogP contribution in [0.2, 0.25) is 0 Å². The number of carbonyl (C=O) groups is 3. The van der Waals surface area contributed by atoms with Crippen LogP contribution < -0.4 is 0 Å². The molecular weight excluding hydrogens is 268 g/mol. The molecule has 0 aromatic rings. The van der Waals surface area contributed by atoms with Crippen LogP contribution in [0, 0.1) is 0 Å². The Balaban J connectivity index is 2.17. The molecule has 0 aliphatic carbocycles. The van der Waals surface area contributed by atoms with Crippen molar-refractivity contribution in [2.45, 2.75) is 44.1 Å². The number of carboxylic acid groups (broad SMARTS) is 1.